The molecule has 0 unspecified atom stereocenters. The van der Waals surface area contributed by atoms with Gasteiger partial charge < -0.3 is 11.1 Å². The van der Waals surface area contributed by atoms with Gasteiger partial charge in [-0.15, -0.1) is 10.2 Å². The van der Waals surface area contributed by atoms with Gasteiger partial charge in [-0.25, -0.2) is 0 Å². The van der Waals surface area contributed by atoms with Crippen LogP contribution in [-0.4, -0.2) is 23.2 Å². The molecular formula is C9H17N5S. The summed E-state index contributed by atoms with van der Waals surface area (Å²) in [5, 5.41) is 13.1. The third kappa shape index (κ3) is 3.47. The Balaban J connectivity index is 2.62. The molecular weight excluding hydrogens is 210 g/mol. The van der Waals surface area contributed by atoms with Crippen LogP contribution >= 0.6 is 11.3 Å². The van der Waals surface area contributed by atoms with Crippen LogP contribution in [0.3, 0.4) is 0 Å². The van der Waals surface area contributed by atoms with Crippen LogP contribution in [0.25, 0.3) is 0 Å². The van der Waals surface area contributed by atoms with E-state index >= 15 is 0 Å². The standard InChI is InChI=1S/C9H17N5S/c1-9(2,3)7-14-13-6(15-7)5-12-8(10)11-4/h5H2,1-4H3,(H3,10,11,12). The number of nitrogens with one attached hydrogen (secondary N) is 1. The van der Waals surface area contributed by atoms with E-state index in [1.54, 1.807) is 18.4 Å². The second-order valence-electron chi connectivity index (χ2n) is 4.21. The lowest BCUT2D eigenvalue weighted by molar-refractivity contribution is 0.577. The van der Waals surface area contributed by atoms with Crippen molar-refractivity contribution >= 4 is 17.3 Å². The topological polar surface area (TPSA) is 76.2 Å². The van der Waals surface area contributed by atoms with E-state index in [1.807, 2.05) is 0 Å². The minimum Gasteiger partial charge on any atom is -0.370 e. The molecule has 0 fully saturated rings. The van der Waals surface area contributed by atoms with Crippen LogP contribution in [0.15, 0.2) is 4.99 Å². The SMILES string of the molecule is CN=C(N)NCc1nnc(C(C)(C)C)s1. The van der Waals surface area contributed by atoms with Crippen molar-refractivity contribution in [3.8, 4) is 0 Å². The molecule has 0 aliphatic carbocycles. The quantitative estimate of drug-likeness (QED) is 0.580. The highest BCUT2D eigenvalue weighted by molar-refractivity contribution is 7.11. The molecule has 0 atom stereocenters. The van der Waals surface area contributed by atoms with E-state index in [1.165, 1.54) is 0 Å². The van der Waals surface area contributed by atoms with Gasteiger partial charge in [0, 0.05) is 12.5 Å². The molecule has 0 saturated carbocycles. The maximum Gasteiger partial charge on any atom is 0.188 e. The van der Waals surface area contributed by atoms with E-state index in [0.29, 0.717) is 12.5 Å². The Bertz CT molecular complexity index is 350. The summed E-state index contributed by atoms with van der Waals surface area (Å²) in [6.45, 7) is 6.93. The van der Waals surface area contributed by atoms with Gasteiger partial charge in [0.1, 0.15) is 10.0 Å². The summed E-state index contributed by atoms with van der Waals surface area (Å²) in [4.78, 5) is 3.80. The van der Waals surface area contributed by atoms with Gasteiger partial charge in [0.15, 0.2) is 5.96 Å². The van der Waals surface area contributed by atoms with E-state index in [2.05, 4.69) is 41.3 Å². The lowest BCUT2D eigenvalue weighted by Gasteiger charge is -2.12. The Morgan fingerprint density at radius 3 is 2.60 bits per heavy atom. The fourth-order valence-electron chi connectivity index (χ4n) is 0.873. The number of hydrogen-bond acceptors (Lipinski definition) is 4. The minimum atomic E-state index is 0.0559. The second kappa shape index (κ2) is 4.57. The average molecular weight is 227 g/mol. The van der Waals surface area contributed by atoms with Crippen molar-refractivity contribution in [2.24, 2.45) is 10.7 Å². The average Bonchev–Trinajstić information content (AvgIpc) is 2.61. The number of nitrogens with two attached hydrogens (primary N) is 1. The third-order valence-electron chi connectivity index (χ3n) is 1.77. The molecule has 6 heteroatoms. The van der Waals surface area contributed by atoms with Crippen LogP contribution in [0.1, 0.15) is 30.8 Å². The predicted octanol–water partition coefficient (Wildman–Crippen LogP) is 0.870. The van der Waals surface area contributed by atoms with Gasteiger partial charge in [0.05, 0.1) is 6.54 Å². The van der Waals surface area contributed by atoms with Gasteiger partial charge in [0.25, 0.3) is 0 Å². The zero-order valence-corrected chi connectivity index (χ0v) is 10.4. The fraction of sp³-hybridized carbons (Fsp3) is 0.667. The first-order valence-electron chi connectivity index (χ1n) is 4.72. The Morgan fingerprint density at radius 1 is 1.47 bits per heavy atom. The molecule has 0 aliphatic heterocycles. The number of nitrogens with zero attached hydrogens (tertiary/aromatic N) is 3. The lowest BCUT2D eigenvalue weighted by Crippen LogP contribution is -2.30. The molecule has 0 aromatic carbocycles. The molecule has 84 valence electrons. The van der Waals surface area contributed by atoms with E-state index in [0.717, 1.165) is 10.0 Å². The van der Waals surface area contributed by atoms with Crippen LogP contribution in [-0.2, 0) is 12.0 Å². The van der Waals surface area contributed by atoms with Gasteiger partial charge in [-0.2, -0.15) is 0 Å². The summed E-state index contributed by atoms with van der Waals surface area (Å²) in [5.41, 5.74) is 5.56. The first-order chi connectivity index (χ1) is 6.93. The molecule has 15 heavy (non-hydrogen) atoms. The van der Waals surface area contributed by atoms with Gasteiger partial charge in [-0.1, -0.05) is 32.1 Å². The fourth-order valence-corrected chi connectivity index (χ4v) is 1.71. The van der Waals surface area contributed by atoms with Crippen molar-refractivity contribution in [1.29, 1.82) is 0 Å². The summed E-state index contributed by atoms with van der Waals surface area (Å²) in [6.07, 6.45) is 0. The van der Waals surface area contributed by atoms with Crippen molar-refractivity contribution in [1.82, 2.24) is 15.5 Å². The molecule has 0 radical (unpaired) electrons. The molecule has 0 saturated heterocycles. The van der Waals surface area contributed by atoms with E-state index in [4.69, 9.17) is 5.73 Å². The van der Waals surface area contributed by atoms with Crippen LogP contribution in [0.2, 0.25) is 0 Å². The number of hydrogen-bond donors (Lipinski definition) is 2. The number of aliphatic imine (C=N–C) groups is 1. The minimum absolute atomic E-state index is 0.0559. The number of aromatic nitrogens is 2. The van der Waals surface area contributed by atoms with E-state index < -0.39 is 0 Å². The normalized spacial score (nSPS) is 12.9. The molecule has 3 N–H and O–H groups in total. The zero-order chi connectivity index (χ0) is 11.5. The van der Waals surface area contributed by atoms with Crippen molar-refractivity contribution in [2.75, 3.05) is 7.05 Å². The number of rotatable bonds is 2. The Labute approximate surface area is 93.8 Å². The Hall–Kier alpha value is -1.17. The summed E-state index contributed by atoms with van der Waals surface area (Å²) in [7, 11) is 1.64. The van der Waals surface area contributed by atoms with E-state index in [-0.39, 0.29) is 5.41 Å². The van der Waals surface area contributed by atoms with Crippen molar-refractivity contribution in [3.05, 3.63) is 10.0 Å². The molecule has 1 rings (SSSR count). The second-order valence-corrected chi connectivity index (χ2v) is 5.28. The Kier molecular flexibility index (Phi) is 3.62. The van der Waals surface area contributed by atoms with Gasteiger partial charge in [0.2, 0.25) is 0 Å². The van der Waals surface area contributed by atoms with Crippen LogP contribution in [0, 0.1) is 0 Å². The molecule has 0 amide bonds. The van der Waals surface area contributed by atoms with Crippen molar-refractivity contribution < 1.29 is 0 Å². The van der Waals surface area contributed by atoms with Gasteiger partial charge in [-0.3, -0.25) is 4.99 Å². The van der Waals surface area contributed by atoms with Gasteiger partial charge in [-0.05, 0) is 0 Å². The molecule has 0 spiro atoms. The summed E-state index contributed by atoms with van der Waals surface area (Å²) in [6, 6.07) is 0. The monoisotopic (exact) mass is 227 g/mol. The molecule has 1 aromatic rings. The van der Waals surface area contributed by atoms with Crippen LogP contribution < -0.4 is 11.1 Å². The van der Waals surface area contributed by atoms with Crippen molar-refractivity contribution in [2.45, 2.75) is 32.7 Å². The van der Waals surface area contributed by atoms with E-state index in [9.17, 15) is 0 Å². The Morgan fingerprint density at radius 2 is 2.13 bits per heavy atom. The van der Waals surface area contributed by atoms with Crippen molar-refractivity contribution in [3.63, 3.8) is 0 Å². The maximum absolute atomic E-state index is 5.51. The number of guanidine groups is 1. The zero-order valence-electron chi connectivity index (χ0n) is 9.53. The van der Waals surface area contributed by atoms with Crippen LogP contribution in [0.4, 0.5) is 0 Å². The predicted molar refractivity (Wildman–Crippen MR) is 63.0 cm³/mol. The first kappa shape index (κ1) is 11.9. The molecule has 1 aromatic heterocycles. The first-order valence-corrected chi connectivity index (χ1v) is 5.54. The molecule has 0 bridgehead atoms. The van der Waals surface area contributed by atoms with Gasteiger partial charge >= 0.3 is 0 Å². The molecule has 1 heterocycles. The highest BCUT2D eigenvalue weighted by atomic mass is 32.1. The summed E-state index contributed by atoms with van der Waals surface area (Å²) >= 11 is 1.60. The maximum atomic E-state index is 5.51. The van der Waals surface area contributed by atoms with Crippen LogP contribution in [0.5, 0.6) is 0 Å². The largest absolute Gasteiger partial charge is 0.370 e. The summed E-state index contributed by atoms with van der Waals surface area (Å²) < 4.78 is 0. The molecule has 5 nitrogen and oxygen atoms in total. The molecule has 0 aliphatic rings. The smallest absolute Gasteiger partial charge is 0.188 e. The highest BCUT2D eigenvalue weighted by Gasteiger charge is 2.19. The lowest BCUT2D eigenvalue weighted by atomic mass is 9.98. The third-order valence-corrected chi connectivity index (χ3v) is 3.12. The highest BCUT2D eigenvalue weighted by Crippen LogP contribution is 2.24. The summed E-state index contributed by atoms with van der Waals surface area (Å²) in [5.74, 6) is 0.419.